The van der Waals surface area contributed by atoms with Gasteiger partial charge in [-0.15, -0.1) is 0 Å². The summed E-state index contributed by atoms with van der Waals surface area (Å²) in [6, 6.07) is 8.71. The van der Waals surface area contributed by atoms with E-state index in [0.29, 0.717) is 17.4 Å². The number of carbonyl (C=O) groups is 1. The first-order valence-corrected chi connectivity index (χ1v) is 10.3. The van der Waals surface area contributed by atoms with Crippen LogP contribution in [0.4, 0.5) is 13.2 Å². The fourth-order valence-corrected chi connectivity index (χ4v) is 3.44. The third-order valence-electron chi connectivity index (χ3n) is 4.98. The standard InChI is InChI=1S/C21H32F3N5O/c1-4-25-20(26-13-19(30)28(3)15-21(22,23)24)27-18-8-10-29(11-9-18)14-17-7-5-6-16(2)12-17/h5-7,12,18H,4,8-11,13-15H2,1-3H3,(H2,25,26,27). The van der Waals surface area contributed by atoms with E-state index in [4.69, 9.17) is 0 Å². The lowest BCUT2D eigenvalue weighted by atomic mass is 10.0. The van der Waals surface area contributed by atoms with Crippen molar-refractivity contribution in [1.29, 1.82) is 0 Å². The molecule has 1 saturated heterocycles. The van der Waals surface area contributed by atoms with Crippen molar-refractivity contribution in [3.8, 4) is 0 Å². The quantitative estimate of drug-likeness (QED) is 0.519. The van der Waals surface area contributed by atoms with Crippen molar-refractivity contribution in [2.75, 3.05) is 39.8 Å². The van der Waals surface area contributed by atoms with Gasteiger partial charge < -0.3 is 15.5 Å². The number of likely N-dealkylation sites (N-methyl/N-ethyl adjacent to an activating group) is 1. The lowest BCUT2D eigenvalue weighted by Crippen LogP contribution is -2.49. The van der Waals surface area contributed by atoms with E-state index in [0.717, 1.165) is 39.5 Å². The van der Waals surface area contributed by atoms with Crippen LogP contribution in [-0.4, -0.2) is 73.7 Å². The van der Waals surface area contributed by atoms with Gasteiger partial charge >= 0.3 is 6.18 Å². The zero-order valence-corrected chi connectivity index (χ0v) is 17.9. The number of carbonyl (C=O) groups excluding carboxylic acids is 1. The highest BCUT2D eigenvalue weighted by Crippen LogP contribution is 2.16. The van der Waals surface area contributed by atoms with Gasteiger partial charge in [0.1, 0.15) is 13.1 Å². The van der Waals surface area contributed by atoms with E-state index in [1.54, 1.807) is 0 Å². The number of hydrogen-bond donors (Lipinski definition) is 2. The number of likely N-dealkylation sites (tertiary alicyclic amines) is 1. The van der Waals surface area contributed by atoms with Gasteiger partial charge in [0.15, 0.2) is 5.96 Å². The Morgan fingerprint density at radius 3 is 2.60 bits per heavy atom. The zero-order chi connectivity index (χ0) is 22.1. The molecule has 0 bridgehead atoms. The van der Waals surface area contributed by atoms with Gasteiger partial charge in [-0.2, -0.15) is 13.2 Å². The highest BCUT2D eigenvalue weighted by Gasteiger charge is 2.31. The molecule has 0 radical (unpaired) electrons. The molecule has 30 heavy (non-hydrogen) atoms. The SMILES string of the molecule is CCNC(=NCC(=O)N(C)CC(F)(F)F)NC1CCN(Cc2cccc(C)c2)CC1. The van der Waals surface area contributed by atoms with Crippen molar-refractivity contribution in [2.24, 2.45) is 4.99 Å². The smallest absolute Gasteiger partial charge is 0.357 e. The van der Waals surface area contributed by atoms with Crippen LogP contribution in [0.1, 0.15) is 30.9 Å². The summed E-state index contributed by atoms with van der Waals surface area (Å²) in [7, 11) is 1.13. The number of aryl methyl sites for hydroxylation is 1. The number of aliphatic imine (C=N–C) groups is 1. The molecular formula is C21H32F3N5O. The fourth-order valence-electron chi connectivity index (χ4n) is 3.44. The van der Waals surface area contributed by atoms with E-state index in [1.807, 2.05) is 6.92 Å². The molecule has 1 fully saturated rings. The predicted octanol–water partition coefficient (Wildman–Crippen LogP) is 2.54. The molecule has 0 aromatic heterocycles. The number of nitrogens with one attached hydrogen (secondary N) is 2. The van der Waals surface area contributed by atoms with Crippen molar-refractivity contribution >= 4 is 11.9 Å². The van der Waals surface area contributed by atoms with Crippen molar-refractivity contribution in [3.63, 3.8) is 0 Å². The lowest BCUT2D eigenvalue weighted by molar-refractivity contribution is -0.157. The van der Waals surface area contributed by atoms with Gasteiger partial charge in [-0.1, -0.05) is 29.8 Å². The number of amides is 1. The molecule has 168 valence electrons. The molecule has 1 aromatic rings. The highest BCUT2D eigenvalue weighted by molar-refractivity contribution is 5.85. The van der Waals surface area contributed by atoms with Crippen molar-refractivity contribution in [2.45, 2.75) is 45.5 Å². The molecule has 0 aliphatic carbocycles. The van der Waals surface area contributed by atoms with Gasteiger partial charge in [-0.05, 0) is 32.3 Å². The molecular weight excluding hydrogens is 395 g/mol. The number of hydrogen-bond acceptors (Lipinski definition) is 3. The maximum atomic E-state index is 12.4. The normalized spacial score (nSPS) is 16.4. The third kappa shape index (κ3) is 8.61. The monoisotopic (exact) mass is 427 g/mol. The molecule has 1 heterocycles. The molecule has 2 rings (SSSR count). The average molecular weight is 428 g/mol. The number of rotatable bonds is 7. The van der Waals surface area contributed by atoms with Gasteiger partial charge in [0.2, 0.25) is 5.91 Å². The molecule has 0 spiro atoms. The number of alkyl halides is 3. The summed E-state index contributed by atoms with van der Waals surface area (Å²) in [4.78, 5) is 19.2. The van der Waals surface area contributed by atoms with Crippen LogP contribution in [0.5, 0.6) is 0 Å². The van der Waals surface area contributed by atoms with E-state index in [-0.39, 0.29) is 12.6 Å². The maximum Gasteiger partial charge on any atom is 0.406 e. The van der Waals surface area contributed by atoms with E-state index >= 15 is 0 Å². The second-order valence-electron chi connectivity index (χ2n) is 7.74. The molecule has 2 N–H and O–H groups in total. The Balaban J connectivity index is 1.82. The topological polar surface area (TPSA) is 60.0 Å². The average Bonchev–Trinajstić information content (AvgIpc) is 2.66. The molecule has 1 aliphatic heterocycles. The van der Waals surface area contributed by atoms with Crippen LogP contribution in [-0.2, 0) is 11.3 Å². The molecule has 0 saturated carbocycles. The summed E-state index contributed by atoms with van der Waals surface area (Å²) in [6.07, 6.45) is -2.56. The van der Waals surface area contributed by atoms with E-state index in [9.17, 15) is 18.0 Å². The van der Waals surface area contributed by atoms with Gasteiger partial charge in [0.25, 0.3) is 0 Å². The predicted molar refractivity (Wildman–Crippen MR) is 112 cm³/mol. The molecule has 0 unspecified atom stereocenters. The number of benzene rings is 1. The summed E-state index contributed by atoms with van der Waals surface area (Å²) in [5.74, 6) is -0.208. The Morgan fingerprint density at radius 2 is 2.00 bits per heavy atom. The van der Waals surface area contributed by atoms with Crippen LogP contribution in [0.15, 0.2) is 29.3 Å². The summed E-state index contributed by atoms with van der Waals surface area (Å²) in [5.41, 5.74) is 2.56. The largest absolute Gasteiger partial charge is 0.406 e. The summed E-state index contributed by atoms with van der Waals surface area (Å²) in [5, 5.41) is 6.37. The molecule has 1 amide bonds. The first-order chi connectivity index (χ1) is 14.2. The van der Waals surface area contributed by atoms with Gasteiger partial charge in [0.05, 0.1) is 0 Å². The summed E-state index contributed by atoms with van der Waals surface area (Å²) >= 11 is 0. The molecule has 1 aromatic carbocycles. The molecule has 6 nitrogen and oxygen atoms in total. The first kappa shape index (κ1) is 24.0. The summed E-state index contributed by atoms with van der Waals surface area (Å²) in [6.45, 7) is 5.80. The maximum absolute atomic E-state index is 12.4. The van der Waals surface area contributed by atoms with Gasteiger partial charge in [0, 0.05) is 39.3 Å². The second-order valence-corrected chi connectivity index (χ2v) is 7.74. The van der Waals surface area contributed by atoms with E-state index in [2.05, 4.69) is 51.7 Å². The Hall–Kier alpha value is -2.29. The molecule has 0 atom stereocenters. The van der Waals surface area contributed by atoms with Crippen LogP contribution >= 0.6 is 0 Å². The highest BCUT2D eigenvalue weighted by atomic mass is 19.4. The zero-order valence-electron chi connectivity index (χ0n) is 17.9. The Labute approximate surface area is 176 Å². The minimum Gasteiger partial charge on any atom is -0.357 e. The number of guanidine groups is 1. The third-order valence-corrected chi connectivity index (χ3v) is 4.98. The van der Waals surface area contributed by atoms with Crippen molar-refractivity contribution in [3.05, 3.63) is 35.4 Å². The van der Waals surface area contributed by atoms with Crippen molar-refractivity contribution < 1.29 is 18.0 Å². The fraction of sp³-hybridized carbons (Fsp3) is 0.619. The minimum absolute atomic E-state index is 0.208. The Bertz CT molecular complexity index is 715. The van der Waals surface area contributed by atoms with Crippen LogP contribution in [0.3, 0.4) is 0 Å². The molecule has 1 aliphatic rings. The van der Waals surface area contributed by atoms with Crippen LogP contribution in [0, 0.1) is 6.92 Å². The number of halogens is 3. The van der Waals surface area contributed by atoms with E-state index < -0.39 is 18.6 Å². The van der Waals surface area contributed by atoms with Crippen LogP contribution < -0.4 is 10.6 Å². The van der Waals surface area contributed by atoms with Crippen LogP contribution in [0.2, 0.25) is 0 Å². The Kier molecular flexibility index (Phi) is 8.95. The Morgan fingerprint density at radius 1 is 1.30 bits per heavy atom. The van der Waals surface area contributed by atoms with Gasteiger partial charge in [-0.3, -0.25) is 9.69 Å². The van der Waals surface area contributed by atoms with Crippen LogP contribution in [0.25, 0.3) is 0 Å². The minimum atomic E-state index is -4.41. The molecule has 9 heteroatoms. The first-order valence-electron chi connectivity index (χ1n) is 10.3. The van der Waals surface area contributed by atoms with E-state index in [1.165, 1.54) is 11.1 Å². The summed E-state index contributed by atoms with van der Waals surface area (Å²) < 4.78 is 37.3. The lowest BCUT2D eigenvalue weighted by Gasteiger charge is -2.33. The number of nitrogens with zero attached hydrogens (tertiary/aromatic N) is 3. The second kappa shape index (κ2) is 11.2. The van der Waals surface area contributed by atoms with Gasteiger partial charge in [-0.25, -0.2) is 4.99 Å². The number of piperidine rings is 1. The van der Waals surface area contributed by atoms with Crippen molar-refractivity contribution in [1.82, 2.24) is 20.4 Å².